The third-order valence-corrected chi connectivity index (χ3v) is 6.89. The number of pyridine rings is 1. The van der Waals surface area contributed by atoms with Crippen LogP contribution in [0.3, 0.4) is 0 Å². The van der Waals surface area contributed by atoms with E-state index in [-0.39, 0.29) is 22.4 Å². The van der Waals surface area contributed by atoms with Crippen LogP contribution in [0.1, 0.15) is 5.69 Å². The summed E-state index contributed by atoms with van der Waals surface area (Å²) in [5.41, 5.74) is 1.87. The molecule has 8 nitrogen and oxygen atoms in total. The van der Waals surface area contributed by atoms with Gasteiger partial charge in [-0.05, 0) is 24.3 Å². The number of hydrogen-bond donors (Lipinski definition) is 2. The second kappa shape index (κ2) is 8.69. The number of sulfonamides is 1. The summed E-state index contributed by atoms with van der Waals surface area (Å²) in [6.45, 7) is 0. The van der Waals surface area contributed by atoms with Crippen molar-refractivity contribution >= 4 is 48.9 Å². The summed E-state index contributed by atoms with van der Waals surface area (Å²) in [7, 11) is -3.72. The summed E-state index contributed by atoms with van der Waals surface area (Å²) in [5, 5.41) is 6.85. The zero-order valence-electron chi connectivity index (χ0n) is 15.3. The Balaban J connectivity index is 1.37. The minimum atomic E-state index is -3.72. The maximum atomic E-state index is 12.4. The first-order chi connectivity index (χ1) is 14.5. The van der Waals surface area contributed by atoms with Gasteiger partial charge in [0.15, 0.2) is 10.3 Å². The minimum Gasteiger partial charge on any atom is -0.302 e. The van der Waals surface area contributed by atoms with Gasteiger partial charge >= 0.3 is 0 Å². The van der Waals surface area contributed by atoms with Gasteiger partial charge < -0.3 is 5.32 Å². The van der Waals surface area contributed by atoms with Crippen LogP contribution in [0.25, 0.3) is 11.4 Å². The van der Waals surface area contributed by atoms with Crippen molar-refractivity contribution in [3.8, 4) is 11.4 Å². The summed E-state index contributed by atoms with van der Waals surface area (Å²) in [4.78, 5) is 25.2. The topological polar surface area (TPSA) is 114 Å². The number of carbonyl (C=O) groups is 1. The SMILES string of the molecule is O=C(Cc1csc(NS(=O)(=O)c2ccccc2)n1)Nc1nc(-c2ccccn2)cs1. The van der Waals surface area contributed by atoms with Gasteiger partial charge in [0.1, 0.15) is 5.69 Å². The number of carbonyl (C=O) groups excluding carboxylic acids is 1. The number of nitrogens with one attached hydrogen (secondary N) is 2. The highest BCUT2D eigenvalue weighted by Crippen LogP contribution is 2.24. The zero-order chi connectivity index (χ0) is 21.0. The van der Waals surface area contributed by atoms with Crippen molar-refractivity contribution in [3.63, 3.8) is 0 Å². The molecule has 30 heavy (non-hydrogen) atoms. The van der Waals surface area contributed by atoms with Crippen LogP contribution < -0.4 is 10.0 Å². The van der Waals surface area contributed by atoms with Crippen molar-refractivity contribution < 1.29 is 13.2 Å². The summed E-state index contributed by atoms with van der Waals surface area (Å²) >= 11 is 2.42. The number of nitrogens with zero attached hydrogens (tertiary/aromatic N) is 3. The van der Waals surface area contributed by atoms with Gasteiger partial charge in [-0.15, -0.1) is 22.7 Å². The summed E-state index contributed by atoms with van der Waals surface area (Å²) < 4.78 is 27.1. The van der Waals surface area contributed by atoms with Crippen molar-refractivity contribution in [1.29, 1.82) is 0 Å². The lowest BCUT2D eigenvalue weighted by Crippen LogP contribution is -2.15. The monoisotopic (exact) mass is 457 g/mol. The summed E-state index contributed by atoms with van der Waals surface area (Å²) in [6, 6.07) is 13.5. The molecule has 0 aliphatic heterocycles. The van der Waals surface area contributed by atoms with Gasteiger partial charge in [0, 0.05) is 17.0 Å². The normalized spacial score (nSPS) is 11.2. The van der Waals surface area contributed by atoms with Crippen LogP contribution in [-0.4, -0.2) is 29.3 Å². The third kappa shape index (κ3) is 4.87. The molecule has 0 radical (unpaired) electrons. The number of aromatic nitrogens is 3. The average Bonchev–Trinajstić information content (AvgIpc) is 3.38. The van der Waals surface area contributed by atoms with Crippen LogP contribution in [0.2, 0.25) is 0 Å². The van der Waals surface area contributed by atoms with Gasteiger partial charge in [0.25, 0.3) is 10.0 Å². The van der Waals surface area contributed by atoms with Crippen molar-refractivity contribution in [2.75, 3.05) is 10.0 Å². The van der Waals surface area contributed by atoms with Gasteiger partial charge in [0.05, 0.1) is 22.7 Å². The Morgan fingerprint density at radius 1 is 0.900 bits per heavy atom. The van der Waals surface area contributed by atoms with Gasteiger partial charge in [0.2, 0.25) is 5.91 Å². The van der Waals surface area contributed by atoms with Crippen LogP contribution in [-0.2, 0) is 21.2 Å². The molecule has 1 aromatic carbocycles. The van der Waals surface area contributed by atoms with Crippen LogP contribution in [0, 0.1) is 0 Å². The minimum absolute atomic E-state index is 0.00205. The molecule has 0 atom stereocenters. The third-order valence-electron chi connectivity index (χ3n) is 3.85. The first-order valence-corrected chi connectivity index (χ1v) is 11.9. The van der Waals surface area contributed by atoms with E-state index in [2.05, 4.69) is 25.0 Å². The molecule has 2 N–H and O–H groups in total. The Morgan fingerprint density at radius 2 is 1.67 bits per heavy atom. The average molecular weight is 458 g/mol. The Bertz CT molecular complexity index is 1250. The molecule has 3 aromatic heterocycles. The van der Waals surface area contributed by atoms with E-state index in [1.165, 1.54) is 23.5 Å². The van der Waals surface area contributed by atoms with Gasteiger partial charge in [-0.3, -0.25) is 14.5 Å². The maximum Gasteiger partial charge on any atom is 0.263 e. The van der Waals surface area contributed by atoms with E-state index in [0.717, 1.165) is 17.0 Å². The van der Waals surface area contributed by atoms with Gasteiger partial charge in [-0.1, -0.05) is 24.3 Å². The predicted octanol–water partition coefficient (Wildman–Crippen LogP) is 3.64. The molecule has 0 aliphatic rings. The second-order valence-electron chi connectivity index (χ2n) is 6.04. The number of rotatable bonds is 7. The number of benzene rings is 1. The highest BCUT2D eigenvalue weighted by molar-refractivity contribution is 7.93. The van der Waals surface area contributed by atoms with Crippen molar-refractivity contribution in [3.05, 3.63) is 71.2 Å². The highest BCUT2D eigenvalue weighted by Gasteiger charge is 2.17. The predicted molar refractivity (Wildman–Crippen MR) is 117 cm³/mol. The Morgan fingerprint density at radius 3 is 2.43 bits per heavy atom. The van der Waals surface area contributed by atoms with Crippen molar-refractivity contribution in [2.45, 2.75) is 11.3 Å². The lowest BCUT2D eigenvalue weighted by molar-refractivity contribution is -0.115. The fourth-order valence-corrected chi connectivity index (χ4v) is 5.20. The van der Waals surface area contributed by atoms with E-state index in [9.17, 15) is 13.2 Å². The maximum absolute atomic E-state index is 12.4. The summed E-state index contributed by atoms with van der Waals surface area (Å²) in [6.07, 6.45) is 1.68. The molecule has 0 saturated heterocycles. The molecule has 0 saturated carbocycles. The Hall–Kier alpha value is -3.15. The lowest BCUT2D eigenvalue weighted by Gasteiger charge is -2.04. The largest absolute Gasteiger partial charge is 0.302 e. The van der Waals surface area contributed by atoms with E-state index in [4.69, 9.17) is 0 Å². The molecule has 0 aliphatic carbocycles. The molecule has 4 aromatic rings. The smallest absolute Gasteiger partial charge is 0.263 e. The quantitative estimate of drug-likeness (QED) is 0.438. The first kappa shape index (κ1) is 20.1. The summed E-state index contributed by atoms with van der Waals surface area (Å²) in [5.74, 6) is -0.292. The second-order valence-corrected chi connectivity index (χ2v) is 9.44. The molecule has 11 heteroatoms. The number of thiazole rings is 2. The molecule has 3 heterocycles. The lowest BCUT2D eigenvalue weighted by atomic mass is 10.3. The zero-order valence-corrected chi connectivity index (χ0v) is 17.8. The molecule has 1 amide bonds. The van der Waals surface area contributed by atoms with E-state index in [1.807, 2.05) is 23.6 Å². The fraction of sp³-hybridized carbons (Fsp3) is 0.0526. The highest BCUT2D eigenvalue weighted by atomic mass is 32.2. The molecule has 0 unspecified atom stereocenters. The van der Waals surface area contributed by atoms with E-state index in [1.54, 1.807) is 29.8 Å². The van der Waals surface area contributed by atoms with Gasteiger partial charge in [-0.25, -0.2) is 18.4 Å². The molecule has 0 fully saturated rings. The number of amides is 1. The number of anilines is 2. The van der Waals surface area contributed by atoms with Crippen LogP contribution in [0.4, 0.5) is 10.3 Å². The van der Waals surface area contributed by atoms with Crippen molar-refractivity contribution in [2.24, 2.45) is 0 Å². The molecular weight excluding hydrogens is 442 g/mol. The molecule has 152 valence electrons. The Kier molecular flexibility index (Phi) is 5.84. The van der Waals surface area contributed by atoms with Gasteiger partial charge in [-0.2, -0.15) is 0 Å². The van der Waals surface area contributed by atoms with Crippen LogP contribution in [0.5, 0.6) is 0 Å². The van der Waals surface area contributed by atoms with Crippen LogP contribution in [0.15, 0.2) is 70.4 Å². The van der Waals surface area contributed by atoms with Crippen molar-refractivity contribution in [1.82, 2.24) is 15.0 Å². The molecule has 0 spiro atoms. The number of hydrogen-bond acceptors (Lipinski definition) is 8. The Labute approximate surface area is 180 Å². The molecule has 4 rings (SSSR count). The fourth-order valence-electron chi connectivity index (χ4n) is 2.50. The van der Waals surface area contributed by atoms with Crippen LogP contribution >= 0.6 is 22.7 Å². The first-order valence-electron chi connectivity index (χ1n) is 8.69. The standard InChI is InChI=1S/C19H15N5O3S3/c25-17(23-18-22-16(12-29-18)15-8-4-5-9-20-15)10-13-11-28-19(21-13)24-30(26,27)14-6-2-1-3-7-14/h1-9,11-12H,10H2,(H,21,24)(H,22,23,25). The van der Waals surface area contributed by atoms with E-state index >= 15 is 0 Å². The van der Waals surface area contributed by atoms with E-state index in [0.29, 0.717) is 16.5 Å². The molecular formula is C19H15N5O3S3. The van der Waals surface area contributed by atoms with E-state index < -0.39 is 10.0 Å². The molecule has 0 bridgehead atoms.